The maximum atomic E-state index is 13.0. The molecule has 0 radical (unpaired) electrons. The Kier molecular flexibility index (Phi) is 5.45. The summed E-state index contributed by atoms with van der Waals surface area (Å²) in [5, 5.41) is 0.304. The molecule has 6 heteroatoms. The lowest BCUT2D eigenvalue weighted by atomic mass is 10.1. The van der Waals surface area contributed by atoms with Gasteiger partial charge in [0, 0.05) is 11.1 Å². The van der Waals surface area contributed by atoms with Crippen LogP contribution in [0.25, 0.3) is 11.3 Å². The monoisotopic (exact) mass is 352 g/mol. The molecule has 0 aliphatic heterocycles. The van der Waals surface area contributed by atoms with Gasteiger partial charge in [-0.25, -0.2) is 9.37 Å². The summed E-state index contributed by atoms with van der Waals surface area (Å²) in [6.45, 7) is 7.37. The Morgan fingerprint density at radius 2 is 1.83 bits per heavy atom. The van der Waals surface area contributed by atoms with Gasteiger partial charge in [-0.05, 0) is 64.1 Å². The van der Waals surface area contributed by atoms with E-state index in [9.17, 15) is 8.94 Å². The van der Waals surface area contributed by atoms with E-state index in [-0.39, 0.29) is 5.82 Å². The Balaban J connectivity index is 2.41. The first-order valence-corrected chi connectivity index (χ1v) is 8.56. The van der Waals surface area contributed by atoms with Crippen LogP contribution in [0.2, 0.25) is 5.15 Å². The molecule has 3 nitrogen and oxygen atoms in total. The normalized spacial score (nSPS) is 14.0. The van der Waals surface area contributed by atoms with Gasteiger partial charge in [0.05, 0.1) is 11.4 Å². The van der Waals surface area contributed by atoms with E-state index in [1.807, 2.05) is 20.8 Å². The second kappa shape index (κ2) is 6.99. The summed E-state index contributed by atoms with van der Waals surface area (Å²) in [6, 6.07) is 9.49. The maximum absolute atomic E-state index is 13.0. The Morgan fingerprint density at radius 1 is 1.22 bits per heavy atom. The minimum atomic E-state index is -1.35. The number of nitrogens with zero attached hydrogens (tertiary/aromatic N) is 2. The molecule has 1 aromatic heterocycles. The fraction of sp³-hybridized carbons (Fsp3) is 0.294. The molecule has 122 valence electrons. The van der Waals surface area contributed by atoms with Crippen molar-refractivity contribution >= 4 is 28.7 Å². The molecule has 0 N–H and O–H groups in total. The minimum absolute atomic E-state index is 0.304. The lowest BCUT2D eigenvalue weighted by molar-refractivity contribution is 0.561. The number of aromatic nitrogens is 1. The molecule has 1 atom stereocenters. The van der Waals surface area contributed by atoms with E-state index in [1.54, 1.807) is 31.2 Å². The Bertz CT molecular complexity index is 726. The smallest absolute Gasteiger partial charge is 0.144 e. The fourth-order valence-corrected chi connectivity index (χ4v) is 2.62. The van der Waals surface area contributed by atoms with E-state index in [4.69, 9.17) is 11.6 Å². The zero-order chi connectivity index (χ0) is 17.2. The molecule has 0 amide bonds. The zero-order valence-electron chi connectivity index (χ0n) is 13.4. The van der Waals surface area contributed by atoms with Crippen molar-refractivity contribution in [1.29, 1.82) is 0 Å². The molecular weight excluding hydrogens is 335 g/mol. The lowest BCUT2D eigenvalue weighted by Gasteiger charge is -2.18. The van der Waals surface area contributed by atoms with E-state index in [1.165, 1.54) is 12.1 Å². The molecule has 2 rings (SSSR count). The molecule has 0 aliphatic carbocycles. The quantitative estimate of drug-likeness (QED) is 0.452. The standard InChI is InChI=1S/C17H18ClFN2OS/c1-11(21-23(22)17(2,3)4)13-9-15(20-16(18)10-13)12-5-7-14(19)8-6-12/h5-10H,1-4H3/b21-11-. The number of benzene rings is 1. The summed E-state index contributed by atoms with van der Waals surface area (Å²) >= 11 is 4.73. The van der Waals surface area contributed by atoms with E-state index in [0.717, 1.165) is 11.1 Å². The van der Waals surface area contributed by atoms with Gasteiger partial charge >= 0.3 is 0 Å². The van der Waals surface area contributed by atoms with Crippen molar-refractivity contribution < 1.29 is 8.94 Å². The number of hydrogen-bond donors (Lipinski definition) is 0. The highest BCUT2D eigenvalue weighted by Crippen LogP contribution is 2.23. The number of halogens is 2. The highest BCUT2D eigenvalue weighted by molar-refractivity contribution is 7.91. The van der Waals surface area contributed by atoms with Gasteiger partial charge in [0.25, 0.3) is 0 Å². The summed E-state index contributed by atoms with van der Waals surface area (Å²) in [5.74, 6) is -0.311. The van der Waals surface area contributed by atoms with Crippen molar-refractivity contribution in [3.63, 3.8) is 0 Å². The number of hydrogen-bond acceptors (Lipinski definition) is 3. The average molecular weight is 353 g/mol. The molecule has 1 heterocycles. The average Bonchev–Trinajstić information content (AvgIpc) is 2.46. The van der Waals surface area contributed by atoms with Gasteiger partial charge in [0.15, 0.2) is 0 Å². The Hall–Kier alpha value is -1.43. The Morgan fingerprint density at radius 3 is 2.39 bits per heavy atom. The maximum Gasteiger partial charge on any atom is 0.144 e. The van der Waals surface area contributed by atoms with E-state index in [2.05, 4.69) is 9.38 Å². The first kappa shape index (κ1) is 17.9. The second-order valence-electron chi connectivity index (χ2n) is 6.11. The van der Waals surface area contributed by atoms with E-state index >= 15 is 0 Å². The third kappa shape index (κ3) is 4.77. The van der Waals surface area contributed by atoms with Crippen LogP contribution in [0.1, 0.15) is 33.3 Å². The first-order chi connectivity index (χ1) is 10.7. The predicted molar refractivity (Wildman–Crippen MR) is 94.7 cm³/mol. The van der Waals surface area contributed by atoms with E-state index in [0.29, 0.717) is 16.6 Å². The van der Waals surface area contributed by atoms with Gasteiger partial charge in [-0.2, -0.15) is 0 Å². The van der Waals surface area contributed by atoms with Crippen LogP contribution in [0.4, 0.5) is 4.39 Å². The molecule has 1 aromatic carbocycles. The minimum Gasteiger partial charge on any atom is -0.591 e. The van der Waals surface area contributed by atoms with Crippen molar-refractivity contribution in [3.05, 3.63) is 52.9 Å². The van der Waals surface area contributed by atoms with Crippen LogP contribution in [-0.4, -0.2) is 20.0 Å². The molecule has 1 unspecified atom stereocenters. The van der Waals surface area contributed by atoms with Crippen LogP contribution in [0.3, 0.4) is 0 Å². The zero-order valence-corrected chi connectivity index (χ0v) is 15.0. The van der Waals surface area contributed by atoms with Gasteiger partial charge in [0.1, 0.15) is 27.1 Å². The summed E-state index contributed by atoms with van der Waals surface area (Å²) in [4.78, 5) is 4.26. The van der Waals surface area contributed by atoms with Crippen LogP contribution in [0.5, 0.6) is 0 Å². The van der Waals surface area contributed by atoms with Crippen LogP contribution in [-0.2, 0) is 11.4 Å². The second-order valence-corrected chi connectivity index (χ2v) is 8.40. The first-order valence-electron chi connectivity index (χ1n) is 7.08. The highest BCUT2D eigenvalue weighted by atomic mass is 35.5. The van der Waals surface area contributed by atoms with Crippen molar-refractivity contribution in [2.45, 2.75) is 32.4 Å². The number of rotatable bonds is 3. The summed E-state index contributed by atoms with van der Waals surface area (Å²) < 4.78 is 29.0. The fourth-order valence-electron chi connectivity index (χ4n) is 1.79. The third-order valence-corrected chi connectivity index (χ3v) is 4.78. The molecule has 2 aromatic rings. The van der Waals surface area contributed by atoms with Crippen molar-refractivity contribution in [3.8, 4) is 11.3 Å². The molecule has 0 spiro atoms. The highest BCUT2D eigenvalue weighted by Gasteiger charge is 2.26. The van der Waals surface area contributed by atoms with Crippen molar-refractivity contribution in [2.24, 2.45) is 4.40 Å². The Labute approximate surface area is 143 Å². The summed E-state index contributed by atoms with van der Waals surface area (Å²) in [7, 11) is 0. The van der Waals surface area contributed by atoms with Crippen molar-refractivity contribution in [1.82, 2.24) is 4.98 Å². The van der Waals surface area contributed by atoms with Crippen LogP contribution >= 0.6 is 11.6 Å². The topological polar surface area (TPSA) is 48.3 Å². The van der Waals surface area contributed by atoms with Gasteiger partial charge < -0.3 is 4.55 Å². The van der Waals surface area contributed by atoms with Gasteiger partial charge in [-0.15, -0.1) is 0 Å². The van der Waals surface area contributed by atoms with Crippen molar-refractivity contribution in [2.75, 3.05) is 0 Å². The van der Waals surface area contributed by atoms with Gasteiger partial charge in [-0.3, -0.25) is 0 Å². The van der Waals surface area contributed by atoms with Crippen LogP contribution in [0.15, 0.2) is 40.8 Å². The van der Waals surface area contributed by atoms with Crippen LogP contribution in [0, 0.1) is 5.82 Å². The third-order valence-electron chi connectivity index (χ3n) is 3.10. The van der Waals surface area contributed by atoms with Gasteiger partial charge in [0.2, 0.25) is 0 Å². The lowest BCUT2D eigenvalue weighted by Crippen LogP contribution is -2.26. The largest absolute Gasteiger partial charge is 0.591 e. The molecule has 0 fully saturated rings. The van der Waals surface area contributed by atoms with Gasteiger partial charge in [-0.1, -0.05) is 16.0 Å². The summed E-state index contributed by atoms with van der Waals surface area (Å²) in [5.41, 5.74) is 2.72. The SMILES string of the molecule is C/C(=N/[S+]([O-])C(C)(C)C)c1cc(Cl)nc(-c2ccc(F)cc2)c1. The van der Waals surface area contributed by atoms with Crippen LogP contribution < -0.4 is 0 Å². The predicted octanol–water partition coefficient (Wildman–Crippen LogP) is 4.81. The molecule has 0 bridgehead atoms. The molecular formula is C17H18ClFN2OS. The van der Waals surface area contributed by atoms with E-state index < -0.39 is 16.1 Å². The number of pyridine rings is 1. The molecule has 0 saturated heterocycles. The molecule has 0 aliphatic rings. The molecule has 0 saturated carbocycles. The summed E-state index contributed by atoms with van der Waals surface area (Å²) in [6.07, 6.45) is 0. The molecule has 23 heavy (non-hydrogen) atoms.